The number of piperidine rings is 1. The standard InChI is InChI=1S/C21H22ClN3OS/c1-13-10-21(20-14(5-7-26-21)9-19(22)27-20)11-18(25-13)15-8-17(24-12-15)16-4-2-3-6-23-16/h2-4,6,8-9,13,18,25H,5,7,10-12H2,1H3/t13-,18-,21-/m0/s1. The number of hydrogen-bond acceptors (Lipinski definition) is 5. The predicted octanol–water partition coefficient (Wildman–Crippen LogP) is 4.13. The van der Waals surface area contributed by atoms with E-state index in [1.807, 2.05) is 24.4 Å². The third kappa shape index (κ3) is 3.17. The van der Waals surface area contributed by atoms with Gasteiger partial charge in [0.1, 0.15) is 5.60 Å². The third-order valence-electron chi connectivity index (χ3n) is 5.73. The van der Waals surface area contributed by atoms with E-state index in [2.05, 4.69) is 29.4 Å². The second kappa shape index (κ2) is 6.82. The Morgan fingerprint density at radius 3 is 3.11 bits per heavy atom. The Balaban J connectivity index is 1.44. The molecule has 3 atom stereocenters. The Morgan fingerprint density at radius 1 is 1.33 bits per heavy atom. The molecular formula is C21H22ClN3OS. The van der Waals surface area contributed by atoms with E-state index in [4.69, 9.17) is 21.3 Å². The predicted molar refractivity (Wildman–Crippen MR) is 110 cm³/mol. The molecule has 1 spiro atoms. The van der Waals surface area contributed by atoms with Crippen molar-refractivity contribution in [2.75, 3.05) is 13.2 Å². The van der Waals surface area contributed by atoms with Crippen LogP contribution in [0.3, 0.4) is 0 Å². The van der Waals surface area contributed by atoms with Crippen molar-refractivity contribution in [1.82, 2.24) is 10.3 Å². The van der Waals surface area contributed by atoms with Crippen LogP contribution in [0.2, 0.25) is 4.34 Å². The maximum Gasteiger partial charge on any atom is 0.106 e. The minimum Gasteiger partial charge on any atom is -0.369 e. The van der Waals surface area contributed by atoms with Crippen LogP contribution in [0.5, 0.6) is 0 Å². The molecule has 0 bridgehead atoms. The van der Waals surface area contributed by atoms with Crippen molar-refractivity contribution in [3.63, 3.8) is 0 Å². The van der Waals surface area contributed by atoms with Crippen molar-refractivity contribution in [2.45, 2.75) is 43.9 Å². The van der Waals surface area contributed by atoms with E-state index < -0.39 is 0 Å². The van der Waals surface area contributed by atoms with Gasteiger partial charge >= 0.3 is 0 Å². The number of fused-ring (bicyclic) bond motifs is 2. The maximum absolute atomic E-state index is 6.45. The number of aliphatic imine (C=N–C) groups is 1. The van der Waals surface area contributed by atoms with Gasteiger partial charge in [0.2, 0.25) is 0 Å². The van der Waals surface area contributed by atoms with Crippen molar-refractivity contribution in [3.8, 4) is 0 Å². The zero-order valence-electron chi connectivity index (χ0n) is 15.2. The van der Waals surface area contributed by atoms with Crippen molar-refractivity contribution in [1.29, 1.82) is 0 Å². The van der Waals surface area contributed by atoms with Gasteiger partial charge in [0.05, 0.1) is 28.9 Å². The van der Waals surface area contributed by atoms with Gasteiger partial charge in [-0.15, -0.1) is 11.3 Å². The molecule has 1 saturated heterocycles. The molecule has 0 radical (unpaired) electrons. The number of nitrogens with one attached hydrogen (secondary N) is 1. The molecule has 27 heavy (non-hydrogen) atoms. The van der Waals surface area contributed by atoms with E-state index in [1.54, 1.807) is 11.3 Å². The highest BCUT2D eigenvalue weighted by molar-refractivity contribution is 7.16. The summed E-state index contributed by atoms with van der Waals surface area (Å²) in [6.45, 7) is 3.75. The molecule has 0 aromatic carbocycles. The highest BCUT2D eigenvalue weighted by Gasteiger charge is 2.46. The summed E-state index contributed by atoms with van der Waals surface area (Å²) in [5.41, 5.74) is 4.38. The fraction of sp³-hybridized carbons (Fsp3) is 0.429. The second-order valence-corrected chi connectivity index (χ2v) is 9.35. The summed E-state index contributed by atoms with van der Waals surface area (Å²) in [6, 6.07) is 8.71. The Bertz CT molecular complexity index is 923. The Hall–Kier alpha value is -1.53. The lowest BCUT2D eigenvalue weighted by Gasteiger charge is -2.46. The average Bonchev–Trinajstić information content (AvgIpc) is 3.29. The van der Waals surface area contributed by atoms with Gasteiger partial charge in [-0.05, 0) is 55.2 Å². The van der Waals surface area contributed by atoms with Crippen LogP contribution in [0.4, 0.5) is 0 Å². The van der Waals surface area contributed by atoms with E-state index >= 15 is 0 Å². The quantitative estimate of drug-likeness (QED) is 0.825. The Morgan fingerprint density at radius 2 is 2.26 bits per heavy atom. The summed E-state index contributed by atoms with van der Waals surface area (Å²) in [6.07, 6.45) is 6.89. The number of thiophene rings is 1. The summed E-state index contributed by atoms with van der Waals surface area (Å²) >= 11 is 8.04. The SMILES string of the molecule is C[C@H]1C[C@@]2(C[C@@H](C3=CC(c4ccccn4)=NC3)N1)OCCc1cc(Cl)sc12. The monoisotopic (exact) mass is 399 g/mol. The van der Waals surface area contributed by atoms with Gasteiger partial charge in [-0.3, -0.25) is 9.98 Å². The summed E-state index contributed by atoms with van der Waals surface area (Å²) in [5.74, 6) is 0. The first-order valence-corrected chi connectivity index (χ1v) is 10.7. The smallest absolute Gasteiger partial charge is 0.106 e. The summed E-state index contributed by atoms with van der Waals surface area (Å²) in [4.78, 5) is 10.5. The van der Waals surface area contributed by atoms with Gasteiger partial charge < -0.3 is 10.1 Å². The molecule has 0 saturated carbocycles. The number of aromatic nitrogens is 1. The van der Waals surface area contributed by atoms with Gasteiger partial charge in [-0.2, -0.15) is 0 Å². The molecule has 5 heterocycles. The van der Waals surface area contributed by atoms with Crippen molar-refractivity contribution in [3.05, 3.63) is 62.6 Å². The zero-order valence-corrected chi connectivity index (χ0v) is 16.8. The lowest BCUT2D eigenvalue weighted by atomic mass is 9.78. The molecule has 0 aliphatic carbocycles. The molecule has 6 heteroatoms. The highest BCUT2D eigenvalue weighted by atomic mass is 35.5. The average molecular weight is 400 g/mol. The number of nitrogens with zero attached hydrogens (tertiary/aromatic N) is 2. The molecule has 2 aromatic heterocycles. The summed E-state index contributed by atoms with van der Waals surface area (Å²) < 4.78 is 7.32. The van der Waals surface area contributed by atoms with Crippen LogP contribution in [-0.2, 0) is 16.8 Å². The minimum atomic E-state index is -0.227. The molecule has 0 unspecified atom stereocenters. The molecule has 4 nitrogen and oxygen atoms in total. The van der Waals surface area contributed by atoms with Crippen LogP contribution in [0, 0.1) is 0 Å². The topological polar surface area (TPSA) is 46.5 Å². The Labute approximate surface area is 168 Å². The molecule has 2 aromatic rings. The van der Waals surface area contributed by atoms with Crippen molar-refractivity contribution < 1.29 is 4.74 Å². The van der Waals surface area contributed by atoms with Gasteiger partial charge in [0, 0.05) is 29.6 Å². The van der Waals surface area contributed by atoms with Crippen LogP contribution >= 0.6 is 22.9 Å². The molecular weight excluding hydrogens is 378 g/mol. The van der Waals surface area contributed by atoms with E-state index in [0.29, 0.717) is 6.04 Å². The van der Waals surface area contributed by atoms with E-state index in [9.17, 15) is 0 Å². The van der Waals surface area contributed by atoms with Gasteiger partial charge in [0.25, 0.3) is 0 Å². The number of hydrogen-bond donors (Lipinski definition) is 1. The van der Waals surface area contributed by atoms with Crippen LogP contribution < -0.4 is 5.32 Å². The summed E-state index contributed by atoms with van der Waals surface area (Å²) in [5, 5.41) is 3.77. The maximum atomic E-state index is 6.45. The van der Waals surface area contributed by atoms with E-state index in [1.165, 1.54) is 16.0 Å². The van der Waals surface area contributed by atoms with E-state index in [-0.39, 0.29) is 11.6 Å². The van der Waals surface area contributed by atoms with Gasteiger partial charge in [-0.1, -0.05) is 17.7 Å². The largest absolute Gasteiger partial charge is 0.369 e. The summed E-state index contributed by atoms with van der Waals surface area (Å²) in [7, 11) is 0. The molecule has 3 aliphatic rings. The first-order valence-electron chi connectivity index (χ1n) is 9.48. The van der Waals surface area contributed by atoms with Crippen molar-refractivity contribution in [2.24, 2.45) is 4.99 Å². The first kappa shape index (κ1) is 17.6. The first-order chi connectivity index (χ1) is 13.1. The van der Waals surface area contributed by atoms with Crippen LogP contribution in [-0.4, -0.2) is 35.9 Å². The fourth-order valence-electron chi connectivity index (χ4n) is 4.62. The van der Waals surface area contributed by atoms with Crippen LogP contribution in [0.1, 0.15) is 35.9 Å². The molecule has 3 aliphatic heterocycles. The molecule has 1 fully saturated rings. The zero-order chi connectivity index (χ0) is 18.4. The fourth-order valence-corrected chi connectivity index (χ4v) is 6.08. The molecule has 1 N–H and O–H groups in total. The lowest BCUT2D eigenvalue weighted by molar-refractivity contribution is -0.0918. The molecule has 5 rings (SSSR count). The second-order valence-electron chi connectivity index (χ2n) is 7.66. The van der Waals surface area contributed by atoms with Crippen LogP contribution in [0.25, 0.3) is 0 Å². The number of pyridine rings is 1. The van der Waals surface area contributed by atoms with E-state index in [0.717, 1.165) is 48.2 Å². The normalized spacial score (nSPS) is 30.1. The number of allylic oxidation sites excluding steroid dienone is 1. The van der Waals surface area contributed by atoms with Gasteiger partial charge in [-0.25, -0.2) is 0 Å². The molecule has 140 valence electrons. The van der Waals surface area contributed by atoms with Gasteiger partial charge in [0.15, 0.2) is 0 Å². The lowest BCUT2D eigenvalue weighted by Crippen LogP contribution is -2.54. The van der Waals surface area contributed by atoms with Crippen LogP contribution in [0.15, 0.2) is 47.1 Å². The number of ether oxygens (including phenoxy) is 1. The number of rotatable bonds is 2. The number of halogens is 1. The minimum absolute atomic E-state index is 0.227. The highest BCUT2D eigenvalue weighted by Crippen LogP contribution is 2.48. The molecule has 0 amide bonds. The third-order valence-corrected chi connectivity index (χ3v) is 7.22. The van der Waals surface area contributed by atoms with Crippen molar-refractivity contribution >= 4 is 28.6 Å². The Kier molecular flexibility index (Phi) is 4.43.